The maximum atomic E-state index is 12.6. The van der Waals surface area contributed by atoms with Gasteiger partial charge in [0.25, 0.3) is 0 Å². The van der Waals surface area contributed by atoms with E-state index in [2.05, 4.69) is 16.7 Å². The van der Waals surface area contributed by atoms with Gasteiger partial charge in [-0.15, -0.1) is 0 Å². The molecule has 2 aliphatic heterocycles. The molecule has 3 rings (SSSR count). The van der Waals surface area contributed by atoms with Crippen LogP contribution in [0.2, 0.25) is 0 Å². The minimum Gasteiger partial charge on any atom is -0.339 e. The summed E-state index contributed by atoms with van der Waals surface area (Å²) >= 11 is 0. The van der Waals surface area contributed by atoms with Gasteiger partial charge in [-0.2, -0.15) is 13.2 Å². The number of benzene rings is 1. The molecule has 150 valence electrons. The summed E-state index contributed by atoms with van der Waals surface area (Å²) in [5.74, 6) is 0.221. The number of rotatable bonds is 4. The van der Waals surface area contributed by atoms with E-state index < -0.39 is 11.7 Å². The molecule has 1 amide bonds. The number of carbonyl (C=O) groups is 1. The summed E-state index contributed by atoms with van der Waals surface area (Å²) in [6.45, 7) is 7.38. The first kappa shape index (κ1) is 20.1. The summed E-state index contributed by atoms with van der Waals surface area (Å²) in [5, 5.41) is 0. The van der Waals surface area contributed by atoms with Crippen LogP contribution in [0, 0.1) is 0 Å². The molecule has 1 aromatic carbocycles. The minimum atomic E-state index is -4.29. The van der Waals surface area contributed by atoms with E-state index in [1.807, 2.05) is 4.90 Å². The Balaban J connectivity index is 1.44. The van der Waals surface area contributed by atoms with Gasteiger partial charge in [0, 0.05) is 45.3 Å². The molecule has 1 unspecified atom stereocenters. The molecule has 0 aromatic heterocycles. The maximum Gasteiger partial charge on any atom is 0.416 e. The molecule has 0 aliphatic carbocycles. The summed E-state index contributed by atoms with van der Waals surface area (Å²) in [5.41, 5.74) is 0.274. The van der Waals surface area contributed by atoms with Crippen LogP contribution in [-0.4, -0.2) is 65.9 Å². The van der Waals surface area contributed by atoms with E-state index in [1.165, 1.54) is 6.42 Å². The third-order valence-electron chi connectivity index (χ3n) is 5.63. The zero-order chi connectivity index (χ0) is 19.4. The minimum absolute atomic E-state index is 0.221. The highest BCUT2D eigenvalue weighted by molar-refractivity contribution is 5.78. The van der Waals surface area contributed by atoms with Gasteiger partial charge in [-0.3, -0.25) is 14.6 Å². The summed E-state index contributed by atoms with van der Waals surface area (Å²) in [7, 11) is 0. The standard InChI is InChI=1S/C20H28F3N3O/c1-16-4-2-3-9-26(16)19(27)15-25-12-10-24(11-13-25)14-17-5-7-18(8-6-17)20(21,22)23/h5-8,16H,2-4,9-15H2,1H3. The Bertz CT molecular complexity index is 624. The van der Waals surface area contributed by atoms with Gasteiger partial charge in [0.2, 0.25) is 5.91 Å². The Morgan fingerprint density at radius 1 is 1.00 bits per heavy atom. The third kappa shape index (κ3) is 5.45. The molecule has 4 nitrogen and oxygen atoms in total. The van der Waals surface area contributed by atoms with E-state index in [0.717, 1.165) is 63.3 Å². The van der Waals surface area contributed by atoms with Crippen LogP contribution in [0.5, 0.6) is 0 Å². The first-order chi connectivity index (χ1) is 12.8. The number of hydrogen-bond acceptors (Lipinski definition) is 3. The highest BCUT2D eigenvalue weighted by Crippen LogP contribution is 2.29. The molecular weight excluding hydrogens is 355 g/mol. The Kier molecular flexibility index (Phi) is 6.42. The molecule has 0 saturated carbocycles. The fourth-order valence-electron chi connectivity index (χ4n) is 3.91. The van der Waals surface area contributed by atoms with E-state index in [4.69, 9.17) is 0 Å². The highest BCUT2D eigenvalue weighted by Gasteiger charge is 2.30. The summed E-state index contributed by atoms with van der Waals surface area (Å²) in [6, 6.07) is 5.73. The highest BCUT2D eigenvalue weighted by atomic mass is 19.4. The van der Waals surface area contributed by atoms with Crippen LogP contribution in [0.4, 0.5) is 13.2 Å². The van der Waals surface area contributed by atoms with Gasteiger partial charge in [0.1, 0.15) is 0 Å². The van der Waals surface area contributed by atoms with Crippen LogP contribution in [0.1, 0.15) is 37.3 Å². The summed E-state index contributed by atoms with van der Waals surface area (Å²) in [4.78, 5) is 19.0. The molecule has 0 N–H and O–H groups in total. The Labute approximate surface area is 158 Å². The van der Waals surface area contributed by atoms with Gasteiger partial charge in [0.15, 0.2) is 0 Å². The molecule has 1 aromatic rings. The lowest BCUT2D eigenvalue weighted by Crippen LogP contribution is -2.51. The van der Waals surface area contributed by atoms with E-state index in [1.54, 1.807) is 12.1 Å². The van der Waals surface area contributed by atoms with Crippen LogP contribution < -0.4 is 0 Å². The van der Waals surface area contributed by atoms with Gasteiger partial charge in [0.05, 0.1) is 12.1 Å². The van der Waals surface area contributed by atoms with Crippen molar-refractivity contribution in [3.05, 3.63) is 35.4 Å². The molecule has 2 aliphatic rings. The molecule has 0 bridgehead atoms. The van der Waals surface area contributed by atoms with Gasteiger partial charge in [-0.25, -0.2) is 0 Å². The fourth-order valence-corrected chi connectivity index (χ4v) is 3.91. The van der Waals surface area contributed by atoms with Gasteiger partial charge < -0.3 is 4.90 Å². The molecular formula is C20H28F3N3O. The number of piperidine rings is 1. The summed E-state index contributed by atoms with van der Waals surface area (Å²) in [6.07, 6.45) is -0.903. The SMILES string of the molecule is CC1CCCCN1C(=O)CN1CCN(Cc2ccc(C(F)(F)F)cc2)CC1. The zero-order valence-corrected chi connectivity index (χ0v) is 15.8. The lowest BCUT2D eigenvalue weighted by molar-refractivity contribution is -0.138. The van der Waals surface area contributed by atoms with Crippen LogP contribution in [-0.2, 0) is 17.5 Å². The number of hydrogen-bond donors (Lipinski definition) is 0. The topological polar surface area (TPSA) is 26.8 Å². The monoisotopic (exact) mass is 383 g/mol. The van der Waals surface area contributed by atoms with Crippen molar-refractivity contribution in [2.24, 2.45) is 0 Å². The normalized spacial score (nSPS) is 22.8. The molecule has 27 heavy (non-hydrogen) atoms. The van der Waals surface area contributed by atoms with Crippen LogP contribution >= 0.6 is 0 Å². The average molecular weight is 383 g/mol. The fraction of sp³-hybridized carbons (Fsp3) is 0.650. The molecule has 2 heterocycles. The quantitative estimate of drug-likeness (QED) is 0.799. The van der Waals surface area contributed by atoms with Crippen molar-refractivity contribution < 1.29 is 18.0 Å². The second-order valence-electron chi connectivity index (χ2n) is 7.68. The van der Waals surface area contributed by atoms with Crippen molar-refractivity contribution in [2.75, 3.05) is 39.3 Å². The second kappa shape index (κ2) is 8.61. The van der Waals surface area contributed by atoms with E-state index in [-0.39, 0.29) is 5.91 Å². The predicted octanol–water partition coefficient (Wildman–Crippen LogP) is 3.22. The van der Waals surface area contributed by atoms with E-state index in [0.29, 0.717) is 19.1 Å². The molecule has 7 heteroatoms. The van der Waals surface area contributed by atoms with Crippen molar-refractivity contribution in [1.29, 1.82) is 0 Å². The van der Waals surface area contributed by atoms with Gasteiger partial charge >= 0.3 is 6.18 Å². The van der Waals surface area contributed by atoms with Crippen LogP contribution in [0.3, 0.4) is 0 Å². The lowest BCUT2D eigenvalue weighted by atomic mass is 10.0. The Hall–Kier alpha value is -1.60. The number of alkyl halides is 3. The van der Waals surface area contributed by atoms with Crippen molar-refractivity contribution in [3.8, 4) is 0 Å². The zero-order valence-electron chi connectivity index (χ0n) is 15.8. The van der Waals surface area contributed by atoms with Crippen molar-refractivity contribution >= 4 is 5.91 Å². The lowest BCUT2D eigenvalue weighted by Gasteiger charge is -2.38. The average Bonchev–Trinajstić information content (AvgIpc) is 2.63. The maximum absolute atomic E-state index is 12.6. The third-order valence-corrected chi connectivity index (χ3v) is 5.63. The van der Waals surface area contributed by atoms with Gasteiger partial charge in [-0.1, -0.05) is 12.1 Å². The smallest absolute Gasteiger partial charge is 0.339 e. The molecule has 0 spiro atoms. The molecule has 2 saturated heterocycles. The van der Waals surface area contributed by atoms with E-state index >= 15 is 0 Å². The number of nitrogens with zero attached hydrogens (tertiary/aromatic N) is 3. The molecule has 1 atom stereocenters. The Morgan fingerprint density at radius 2 is 1.63 bits per heavy atom. The number of carbonyl (C=O) groups excluding carboxylic acids is 1. The Morgan fingerprint density at radius 3 is 2.22 bits per heavy atom. The van der Waals surface area contributed by atoms with Crippen molar-refractivity contribution in [3.63, 3.8) is 0 Å². The van der Waals surface area contributed by atoms with Crippen LogP contribution in [0.15, 0.2) is 24.3 Å². The van der Waals surface area contributed by atoms with Crippen LogP contribution in [0.25, 0.3) is 0 Å². The van der Waals surface area contributed by atoms with E-state index in [9.17, 15) is 18.0 Å². The largest absolute Gasteiger partial charge is 0.416 e. The first-order valence-corrected chi connectivity index (χ1v) is 9.73. The van der Waals surface area contributed by atoms with Crippen molar-refractivity contribution in [2.45, 2.75) is 44.9 Å². The number of amides is 1. The van der Waals surface area contributed by atoms with Crippen molar-refractivity contribution in [1.82, 2.24) is 14.7 Å². The second-order valence-corrected chi connectivity index (χ2v) is 7.68. The first-order valence-electron chi connectivity index (χ1n) is 9.73. The van der Waals surface area contributed by atoms with Gasteiger partial charge in [-0.05, 0) is 43.9 Å². The number of halogens is 3. The number of piperazine rings is 1. The predicted molar refractivity (Wildman–Crippen MR) is 98.2 cm³/mol. The molecule has 0 radical (unpaired) electrons. The summed E-state index contributed by atoms with van der Waals surface area (Å²) < 4.78 is 37.9. The number of likely N-dealkylation sites (tertiary alicyclic amines) is 1. The molecule has 2 fully saturated rings.